The lowest BCUT2D eigenvalue weighted by Gasteiger charge is -2.17. The van der Waals surface area contributed by atoms with Crippen LogP contribution in [0, 0.1) is 38.7 Å². The number of nitro benzene ring substituents is 1. The zero-order chi connectivity index (χ0) is 18.4. The van der Waals surface area contributed by atoms with Crippen molar-refractivity contribution in [3.05, 3.63) is 74.2 Å². The summed E-state index contributed by atoms with van der Waals surface area (Å²) in [6.07, 6.45) is -0.0365. The second-order valence-electron chi connectivity index (χ2n) is 5.33. The average Bonchev–Trinajstić information content (AvgIpc) is 2.62. The molecular formula is C18H12BrN3O3. The molecule has 0 radical (unpaired) electrons. The number of nitro groups is 1. The van der Waals surface area contributed by atoms with Gasteiger partial charge >= 0.3 is 0 Å². The first-order valence-electron chi connectivity index (χ1n) is 7.28. The summed E-state index contributed by atoms with van der Waals surface area (Å²) in [7, 11) is 0. The van der Waals surface area contributed by atoms with Crippen molar-refractivity contribution in [2.24, 2.45) is 5.92 Å². The van der Waals surface area contributed by atoms with Gasteiger partial charge in [-0.25, -0.2) is 0 Å². The first-order valence-corrected chi connectivity index (χ1v) is 8.08. The van der Waals surface area contributed by atoms with Gasteiger partial charge in [0.25, 0.3) is 5.69 Å². The number of carbonyl (C=O) groups is 1. The van der Waals surface area contributed by atoms with Gasteiger partial charge in [-0.05, 0) is 17.7 Å². The maximum Gasteiger partial charge on any atom is 0.269 e. The normalized spacial score (nSPS) is 11.4. The summed E-state index contributed by atoms with van der Waals surface area (Å²) in [6.45, 7) is 0. The highest BCUT2D eigenvalue weighted by molar-refractivity contribution is 9.10. The lowest BCUT2D eigenvalue weighted by Crippen LogP contribution is -2.15. The Morgan fingerprint density at radius 3 is 2.12 bits per heavy atom. The molecule has 0 spiro atoms. The van der Waals surface area contributed by atoms with Crippen LogP contribution in [0.1, 0.15) is 28.3 Å². The van der Waals surface area contributed by atoms with E-state index in [-0.39, 0.29) is 17.9 Å². The van der Waals surface area contributed by atoms with Crippen LogP contribution in [0.3, 0.4) is 0 Å². The summed E-state index contributed by atoms with van der Waals surface area (Å²) in [5, 5.41) is 29.2. The number of rotatable bonds is 6. The van der Waals surface area contributed by atoms with Crippen LogP contribution in [0.4, 0.5) is 5.69 Å². The van der Waals surface area contributed by atoms with Gasteiger partial charge in [0.15, 0.2) is 5.78 Å². The molecule has 6 nitrogen and oxygen atoms in total. The fourth-order valence-electron chi connectivity index (χ4n) is 2.43. The number of benzene rings is 2. The molecule has 7 heteroatoms. The van der Waals surface area contributed by atoms with E-state index in [1.54, 1.807) is 24.3 Å². The molecule has 0 heterocycles. The lowest BCUT2D eigenvalue weighted by molar-refractivity contribution is -0.384. The summed E-state index contributed by atoms with van der Waals surface area (Å²) < 4.78 is 0.836. The SMILES string of the molecule is N#CC(C#N)[C@H](CC(=O)c1ccc(Br)cc1)c1ccc([N+](=O)[O-])cc1. The Morgan fingerprint density at radius 2 is 1.64 bits per heavy atom. The third-order valence-electron chi connectivity index (χ3n) is 3.78. The number of nitriles is 2. The average molecular weight is 398 g/mol. The van der Waals surface area contributed by atoms with E-state index in [0.29, 0.717) is 11.1 Å². The van der Waals surface area contributed by atoms with E-state index in [1.165, 1.54) is 24.3 Å². The minimum atomic E-state index is -1.03. The van der Waals surface area contributed by atoms with Crippen molar-refractivity contribution in [2.45, 2.75) is 12.3 Å². The van der Waals surface area contributed by atoms with Crippen LogP contribution in [0.15, 0.2) is 53.0 Å². The minimum absolute atomic E-state index is 0.0365. The van der Waals surface area contributed by atoms with E-state index >= 15 is 0 Å². The molecule has 124 valence electrons. The zero-order valence-electron chi connectivity index (χ0n) is 12.9. The molecule has 0 aromatic heterocycles. The molecule has 0 fully saturated rings. The Kier molecular flexibility index (Phi) is 5.99. The van der Waals surface area contributed by atoms with Crippen LogP contribution in [0.2, 0.25) is 0 Å². The summed E-state index contributed by atoms with van der Waals surface area (Å²) in [6, 6.07) is 16.2. The number of nitrogens with zero attached hydrogens (tertiary/aromatic N) is 3. The predicted octanol–water partition coefficient (Wildman–Crippen LogP) is 4.38. The van der Waals surface area contributed by atoms with Gasteiger partial charge in [-0.15, -0.1) is 0 Å². The van der Waals surface area contributed by atoms with Crippen molar-refractivity contribution in [1.82, 2.24) is 0 Å². The number of hydrogen-bond acceptors (Lipinski definition) is 5. The maximum atomic E-state index is 12.5. The van der Waals surface area contributed by atoms with Gasteiger partial charge in [0, 0.05) is 34.5 Å². The first-order chi connectivity index (χ1) is 12.0. The van der Waals surface area contributed by atoms with Crippen molar-refractivity contribution < 1.29 is 9.72 Å². The van der Waals surface area contributed by atoms with Crippen LogP contribution in [-0.2, 0) is 0 Å². The fourth-order valence-corrected chi connectivity index (χ4v) is 2.70. The molecule has 0 aliphatic rings. The molecule has 0 unspecified atom stereocenters. The Balaban J connectivity index is 2.31. The smallest absolute Gasteiger partial charge is 0.269 e. The standard InChI is InChI=1S/C18H12BrN3O3/c19-15-5-1-13(2-6-15)18(23)9-17(14(10-20)11-21)12-3-7-16(8-4-12)22(24)25/h1-8,14,17H,9H2/t17-/m1/s1. The Bertz CT molecular complexity index is 850. The monoisotopic (exact) mass is 397 g/mol. The second-order valence-corrected chi connectivity index (χ2v) is 6.24. The number of Topliss-reactive ketones (excluding diaryl/α,β-unsaturated/α-hetero) is 1. The van der Waals surface area contributed by atoms with Crippen LogP contribution in [0.5, 0.6) is 0 Å². The summed E-state index contributed by atoms with van der Waals surface area (Å²) >= 11 is 3.29. The van der Waals surface area contributed by atoms with E-state index in [9.17, 15) is 25.4 Å². The first kappa shape index (κ1) is 18.3. The molecule has 0 bridgehead atoms. The molecular weight excluding hydrogens is 386 g/mol. The van der Waals surface area contributed by atoms with Crippen molar-refractivity contribution in [1.29, 1.82) is 10.5 Å². The van der Waals surface area contributed by atoms with E-state index < -0.39 is 16.8 Å². The Hall–Kier alpha value is -3.03. The lowest BCUT2D eigenvalue weighted by atomic mass is 9.82. The van der Waals surface area contributed by atoms with Crippen LogP contribution in [-0.4, -0.2) is 10.7 Å². The number of carbonyl (C=O) groups excluding carboxylic acids is 1. The highest BCUT2D eigenvalue weighted by atomic mass is 79.9. The summed E-state index contributed by atoms with van der Waals surface area (Å²) in [4.78, 5) is 22.7. The molecule has 0 saturated carbocycles. The third kappa shape index (κ3) is 4.50. The van der Waals surface area contributed by atoms with Gasteiger partial charge < -0.3 is 0 Å². The Morgan fingerprint density at radius 1 is 1.08 bits per heavy atom. The topological polar surface area (TPSA) is 108 Å². The number of ketones is 1. The molecule has 0 amide bonds. The highest BCUT2D eigenvalue weighted by Crippen LogP contribution is 2.30. The van der Waals surface area contributed by atoms with Gasteiger partial charge in [0.05, 0.1) is 17.1 Å². The van der Waals surface area contributed by atoms with Crippen LogP contribution >= 0.6 is 15.9 Å². The molecule has 0 saturated heterocycles. The molecule has 0 aliphatic carbocycles. The van der Waals surface area contributed by atoms with E-state index in [0.717, 1.165) is 4.47 Å². The molecule has 0 aliphatic heterocycles. The summed E-state index contributed by atoms with van der Waals surface area (Å²) in [5.41, 5.74) is 0.932. The quantitative estimate of drug-likeness (QED) is 0.408. The van der Waals surface area contributed by atoms with Gasteiger partial charge in [0.1, 0.15) is 5.92 Å². The molecule has 2 aromatic carbocycles. The molecule has 0 N–H and O–H groups in total. The molecule has 25 heavy (non-hydrogen) atoms. The van der Waals surface area contributed by atoms with Crippen molar-refractivity contribution >= 4 is 27.4 Å². The van der Waals surface area contributed by atoms with E-state index in [4.69, 9.17) is 0 Å². The van der Waals surface area contributed by atoms with Crippen molar-refractivity contribution in [3.8, 4) is 12.1 Å². The number of non-ortho nitro benzene ring substituents is 1. The van der Waals surface area contributed by atoms with Gasteiger partial charge in [-0.2, -0.15) is 10.5 Å². The van der Waals surface area contributed by atoms with E-state index in [2.05, 4.69) is 15.9 Å². The van der Waals surface area contributed by atoms with Crippen molar-refractivity contribution in [3.63, 3.8) is 0 Å². The molecule has 2 aromatic rings. The van der Waals surface area contributed by atoms with Gasteiger partial charge in [0.2, 0.25) is 0 Å². The largest absolute Gasteiger partial charge is 0.294 e. The summed E-state index contributed by atoms with van der Waals surface area (Å²) in [5.74, 6) is -1.89. The van der Waals surface area contributed by atoms with Gasteiger partial charge in [-0.3, -0.25) is 14.9 Å². The fraction of sp³-hybridized carbons (Fsp3) is 0.167. The molecule has 1 atom stereocenters. The highest BCUT2D eigenvalue weighted by Gasteiger charge is 2.26. The second kappa shape index (κ2) is 8.18. The number of hydrogen-bond donors (Lipinski definition) is 0. The van der Waals surface area contributed by atoms with Crippen LogP contribution in [0.25, 0.3) is 0 Å². The van der Waals surface area contributed by atoms with Crippen LogP contribution < -0.4 is 0 Å². The van der Waals surface area contributed by atoms with E-state index in [1.807, 2.05) is 12.1 Å². The molecule has 2 rings (SSSR count). The minimum Gasteiger partial charge on any atom is -0.294 e. The predicted molar refractivity (Wildman–Crippen MR) is 93.6 cm³/mol. The zero-order valence-corrected chi connectivity index (χ0v) is 14.5. The van der Waals surface area contributed by atoms with Crippen molar-refractivity contribution in [2.75, 3.05) is 0 Å². The van der Waals surface area contributed by atoms with Gasteiger partial charge in [-0.1, -0.05) is 40.2 Å². The third-order valence-corrected chi connectivity index (χ3v) is 4.31. The number of halogens is 1. The Labute approximate surface area is 152 Å². The maximum absolute atomic E-state index is 12.5.